The maximum atomic E-state index is 14.1. The summed E-state index contributed by atoms with van der Waals surface area (Å²) in [5.41, 5.74) is 2.02. The molecule has 0 saturated carbocycles. The lowest BCUT2D eigenvalue weighted by molar-refractivity contribution is 0.439. The van der Waals surface area contributed by atoms with Crippen LogP contribution in [-0.2, 0) is 6.54 Å². The molecule has 2 aromatic carbocycles. The van der Waals surface area contributed by atoms with Crippen LogP contribution in [0.5, 0.6) is 11.5 Å². The Bertz CT molecular complexity index is 628. The molecular formula is C17H19BrFNO. The third kappa shape index (κ3) is 4.55. The van der Waals surface area contributed by atoms with Crippen molar-refractivity contribution in [1.82, 2.24) is 5.32 Å². The lowest BCUT2D eigenvalue weighted by atomic mass is 10.2. The third-order valence-corrected chi connectivity index (χ3v) is 3.64. The zero-order valence-corrected chi connectivity index (χ0v) is 14.0. The highest BCUT2D eigenvalue weighted by atomic mass is 79.9. The van der Waals surface area contributed by atoms with Gasteiger partial charge >= 0.3 is 0 Å². The highest BCUT2D eigenvalue weighted by molar-refractivity contribution is 9.10. The number of nitrogens with one attached hydrogen (secondary N) is 1. The van der Waals surface area contributed by atoms with E-state index in [-0.39, 0.29) is 11.6 Å². The lowest BCUT2D eigenvalue weighted by Crippen LogP contribution is -2.21. The summed E-state index contributed by atoms with van der Waals surface area (Å²) in [6.07, 6.45) is 0. The van der Waals surface area contributed by atoms with Gasteiger partial charge in [0, 0.05) is 12.6 Å². The minimum Gasteiger partial charge on any atom is -0.453 e. The molecule has 0 aromatic heterocycles. The third-order valence-electron chi connectivity index (χ3n) is 3.02. The minimum atomic E-state index is -0.356. The summed E-state index contributed by atoms with van der Waals surface area (Å²) in [4.78, 5) is 0. The molecule has 0 unspecified atom stereocenters. The fourth-order valence-corrected chi connectivity index (χ4v) is 2.44. The zero-order chi connectivity index (χ0) is 15.4. The molecule has 0 aliphatic carbocycles. The first-order valence-electron chi connectivity index (χ1n) is 6.91. The van der Waals surface area contributed by atoms with Crippen LogP contribution in [0.4, 0.5) is 4.39 Å². The molecule has 2 rings (SSSR count). The van der Waals surface area contributed by atoms with E-state index in [2.05, 4.69) is 35.1 Å². The van der Waals surface area contributed by atoms with Gasteiger partial charge in [-0.1, -0.05) is 26.0 Å². The van der Waals surface area contributed by atoms with Gasteiger partial charge in [0.25, 0.3) is 0 Å². The maximum Gasteiger partial charge on any atom is 0.166 e. The Morgan fingerprint density at radius 2 is 1.86 bits per heavy atom. The minimum absolute atomic E-state index is 0.229. The average Bonchev–Trinajstić information content (AvgIpc) is 2.42. The fourth-order valence-electron chi connectivity index (χ4n) is 1.87. The predicted molar refractivity (Wildman–Crippen MR) is 87.3 cm³/mol. The molecule has 0 atom stereocenters. The largest absolute Gasteiger partial charge is 0.453 e. The number of halogens is 2. The first-order chi connectivity index (χ1) is 9.95. The molecule has 112 valence electrons. The molecule has 0 bridgehead atoms. The van der Waals surface area contributed by atoms with E-state index in [1.54, 1.807) is 6.07 Å². The summed E-state index contributed by atoms with van der Waals surface area (Å²) < 4.78 is 20.5. The molecule has 0 aliphatic rings. The van der Waals surface area contributed by atoms with Crippen LogP contribution in [0.1, 0.15) is 25.0 Å². The zero-order valence-electron chi connectivity index (χ0n) is 12.4. The van der Waals surface area contributed by atoms with Crippen molar-refractivity contribution in [3.63, 3.8) is 0 Å². The Hall–Kier alpha value is -1.39. The van der Waals surface area contributed by atoms with Crippen molar-refractivity contribution in [2.75, 3.05) is 0 Å². The Morgan fingerprint density at radius 1 is 1.14 bits per heavy atom. The topological polar surface area (TPSA) is 21.3 Å². The number of aryl methyl sites for hydroxylation is 1. The van der Waals surface area contributed by atoms with Gasteiger partial charge in [0.2, 0.25) is 0 Å². The average molecular weight is 352 g/mol. The van der Waals surface area contributed by atoms with Gasteiger partial charge in [0.15, 0.2) is 11.6 Å². The van der Waals surface area contributed by atoms with E-state index >= 15 is 0 Å². The van der Waals surface area contributed by atoms with Gasteiger partial charge in [-0.25, -0.2) is 4.39 Å². The van der Waals surface area contributed by atoms with Crippen molar-refractivity contribution in [1.29, 1.82) is 0 Å². The van der Waals surface area contributed by atoms with E-state index in [4.69, 9.17) is 4.74 Å². The molecule has 2 aromatic rings. The molecule has 1 N–H and O–H groups in total. The van der Waals surface area contributed by atoms with E-state index in [1.807, 2.05) is 31.2 Å². The predicted octanol–water partition coefficient (Wildman–Crippen LogP) is 5.19. The number of hydrogen-bond acceptors (Lipinski definition) is 2. The van der Waals surface area contributed by atoms with Crippen LogP contribution in [0.15, 0.2) is 40.9 Å². The van der Waals surface area contributed by atoms with E-state index in [1.165, 1.54) is 6.07 Å². The van der Waals surface area contributed by atoms with Crippen LogP contribution >= 0.6 is 15.9 Å². The standard InChI is InChI=1S/C17H19BrFNO/c1-11(2)20-10-13-5-7-17(15(19)9-13)21-16-6-4-12(3)8-14(16)18/h4-9,11,20H,10H2,1-3H3. The van der Waals surface area contributed by atoms with Gasteiger partial charge in [-0.15, -0.1) is 0 Å². The molecule has 2 nitrogen and oxygen atoms in total. The first kappa shape index (κ1) is 16.0. The Morgan fingerprint density at radius 3 is 2.48 bits per heavy atom. The highest BCUT2D eigenvalue weighted by Crippen LogP contribution is 2.31. The lowest BCUT2D eigenvalue weighted by Gasteiger charge is -2.11. The molecular weight excluding hydrogens is 333 g/mol. The van der Waals surface area contributed by atoms with Gasteiger partial charge in [0.1, 0.15) is 5.75 Å². The van der Waals surface area contributed by atoms with Gasteiger partial charge in [-0.05, 0) is 58.2 Å². The van der Waals surface area contributed by atoms with Gasteiger partial charge in [-0.3, -0.25) is 0 Å². The molecule has 0 fully saturated rings. The summed E-state index contributed by atoms with van der Waals surface area (Å²) in [6, 6.07) is 11.1. The monoisotopic (exact) mass is 351 g/mol. The van der Waals surface area contributed by atoms with Crippen LogP contribution in [0.2, 0.25) is 0 Å². The van der Waals surface area contributed by atoms with Crippen LogP contribution in [0.3, 0.4) is 0 Å². The Balaban J connectivity index is 2.13. The van der Waals surface area contributed by atoms with Gasteiger partial charge < -0.3 is 10.1 Å². The van der Waals surface area contributed by atoms with Crippen molar-refractivity contribution in [2.24, 2.45) is 0 Å². The van der Waals surface area contributed by atoms with Crippen molar-refractivity contribution in [2.45, 2.75) is 33.4 Å². The van der Waals surface area contributed by atoms with Crippen LogP contribution in [0, 0.1) is 12.7 Å². The second-order valence-corrected chi connectivity index (χ2v) is 6.19. The summed E-state index contributed by atoms with van der Waals surface area (Å²) in [7, 11) is 0. The highest BCUT2D eigenvalue weighted by Gasteiger charge is 2.09. The molecule has 4 heteroatoms. The maximum absolute atomic E-state index is 14.1. The second kappa shape index (κ2) is 7.05. The second-order valence-electron chi connectivity index (χ2n) is 5.34. The number of rotatable bonds is 5. The summed E-state index contributed by atoms with van der Waals surface area (Å²) in [5.74, 6) is 0.478. The molecule has 0 radical (unpaired) electrons. The molecule has 0 spiro atoms. The van der Waals surface area contributed by atoms with Crippen LogP contribution in [-0.4, -0.2) is 6.04 Å². The van der Waals surface area contributed by atoms with E-state index in [0.717, 1.165) is 15.6 Å². The summed E-state index contributed by atoms with van der Waals surface area (Å²) >= 11 is 3.43. The van der Waals surface area contributed by atoms with E-state index in [9.17, 15) is 4.39 Å². The van der Waals surface area contributed by atoms with Crippen LogP contribution in [0.25, 0.3) is 0 Å². The van der Waals surface area contributed by atoms with Crippen molar-refractivity contribution in [3.8, 4) is 11.5 Å². The molecule has 0 heterocycles. The first-order valence-corrected chi connectivity index (χ1v) is 7.71. The summed E-state index contributed by atoms with van der Waals surface area (Å²) in [5, 5.41) is 3.26. The van der Waals surface area contributed by atoms with E-state index < -0.39 is 0 Å². The van der Waals surface area contributed by atoms with Crippen molar-refractivity contribution < 1.29 is 9.13 Å². The molecule has 0 aliphatic heterocycles. The molecule has 0 amide bonds. The molecule has 21 heavy (non-hydrogen) atoms. The summed E-state index contributed by atoms with van der Waals surface area (Å²) in [6.45, 7) is 6.75. The van der Waals surface area contributed by atoms with Crippen LogP contribution < -0.4 is 10.1 Å². The quantitative estimate of drug-likeness (QED) is 0.800. The van der Waals surface area contributed by atoms with E-state index in [0.29, 0.717) is 18.3 Å². The van der Waals surface area contributed by atoms with Gasteiger partial charge in [0.05, 0.1) is 4.47 Å². The van der Waals surface area contributed by atoms with Crippen molar-refractivity contribution >= 4 is 15.9 Å². The number of hydrogen-bond donors (Lipinski definition) is 1. The fraction of sp³-hybridized carbons (Fsp3) is 0.294. The Kier molecular flexibility index (Phi) is 5.37. The number of ether oxygens (including phenoxy) is 1. The normalized spacial score (nSPS) is 11.0. The number of benzene rings is 2. The molecule has 0 saturated heterocycles. The van der Waals surface area contributed by atoms with Crippen molar-refractivity contribution in [3.05, 3.63) is 57.8 Å². The Labute approximate surface area is 133 Å². The smallest absolute Gasteiger partial charge is 0.166 e. The SMILES string of the molecule is Cc1ccc(Oc2ccc(CNC(C)C)cc2F)c(Br)c1. The van der Waals surface area contributed by atoms with Gasteiger partial charge in [-0.2, -0.15) is 0 Å².